The van der Waals surface area contributed by atoms with Gasteiger partial charge in [0.2, 0.25) is 5.91 Å². The van der Waals surface area contributed by atoms with E-state index in [4.69, 9.17) is 0 Å². The van der Waals surface area contributed by atoms with E-state index < -0.39 is 0 Å². The lowest BCUT2D eigenvalue weighted by Crippen LogP contribution is -2.42. The minimum absolute atomic E-state index is 0.257. The van der Waals surface area contributed by atoms with Gasteiger partial charge in [0.1, 0.15) is 0 Å². The first-order chi connectivity index (χ1) is 8.84. The van der Waals surface area contributed by atoms with E-state index in [1.807, 2.05) is 0 Å². The van der Waals surface area contributed by atoms with Crippen LogP contribution in [-0.2, 0) is 4.79 Å². The number of allylic oxidation sites excluding steroid dienone is 2. The Morgan fingerprint density at radius 3 is 2.39 bits per heavy atom. The van der Waals surface area contributed by atoms with Crippen LogP contribution in [0.3, 0.4) is 0 Å². The Kier molecular flexibility index (Phi) is 3.69. The summed E-state index contributed by atoms with van der Waals surface area (Å²) in [5, 5.41) is 3.40. The molecule has 3 nitrogen and oxygen atoms in total. The van der Waals surface area contributed by atoms with Gasteiger partial charge in [-0.25, -0.2) is 0 Å². The fourth-order valence-electron chi connectivity index (χ4n) is 3.20. The Hall–Kier alpha value is -0.830. The highest BCUT2D eigenvalue weighted by Crippen LogP contribution is 2.32. The van der Waals surface area contributed by atoms with Gasteiger partial charge in [0, 0.05) is 18.5 Å². The molecule has 0 bridgehead atoms. The van der Waals surface area contributed by atoms with Gasteiger partial charge >= 0.3 is 0 Å². The molecule has 2 fully saturated rings. The number of hydrogen-bond acceptors (Lipinski definition) is 2. The summed E-state index contributed by atoms with van der Waals surface area (Å²) in [5.74, 6) is 1.42. The fraction of sp³-hybridized carbons (Fsp3) is 0.800. The molecule has 2 aliphatic carbocycles. The van der Waals surface area contributed by atoms with Crippen molar-refractivity contribution in [3.63, 3.8) is 0 Å². The number of hydrogen-bond donors (Lipinski definition) is 1. The quantitative estimate of drug-likeness (QED) is 0.771. The largest absolute Gasteiger partial charge is 0.339 e. The van der Waals surface area contributed by atoms with Crippen molar-refractivity contribution in [2.45, 2.75) is 44.6 Å². The third kappa shape index (κ3) is 2.77. The Morgan fingerprint density at radius 2 is 1.78 bits per heavy atom. The predicted molar refractivity (Wildman–Crippen MR) is 72.2 cm³/mol. The van der Waals surface area contributed by atoms with E-state index in [0.29, 0.717) is 11.9 Å². The minimum atomic E-state index is 0.257. The first kappa shape index (κ1) is 12.2. The van der Waals surface area contributed by atoms with E-state index in [-0.39, 0.29) is 5.92 Å². The summed E-state index contributed by atoms with van der Waals surface area (Å²) >= 11 is 0. The van der Waals surface area contributed by atoms with Crippen LogP contribution in [-0.4, -0.2) is 36.5 Å². The van der Waals surface area contributed by atoms with Crippen LogP contribution in [0.2, 0.25) is 0 Å². The number of rotatable bonds is 4. The van der Waals surface area contributed by atoms with E-state index in [0.717, 1.165) is 38.4 Å². The summed E-state index contributed by atoms with van der Waals surface area (Å²) in [5.41, 5.74) is 0. The molecule has 0 radical (unpaired) electrons. The first-order valence-corrected chi connectivity index (χ1v) is 7.51. The maximum atomic E-state index is 12.6. The van der Waals surface area contributed by atoms with Crippen LogP contribution in [0.4, 0.5) is 0 Å². The summed E-state index contributed by atoms with van der Waals surface area (Å²) in [6.45, 7) is 3.27. The van der Waals surface area contributed by atoms with Crippen LogP contribution < -0.4 is 5.32 Å². The monoisotopic (exact) mass is 248 g/mol. The summed E-state index contributed by atoms with van der Waals surface area (Å²) in [7, 11) is 0. The summed E-state index contributed by atoms with van der Waals surface area (Å²) in [6.07, 6.45) is 11.2. The molecule has 1 heterocycles. The van der Waals surface area contributed by atoms with Crippen molar-refractivity contribution in [1.29, 1.82) is 0 Å². The predicted octanol–water partition coefficient (Wildman–Crippen LogP) is 1.94. The Morgan fingerprint density at radius 1 is 1.11 bits per heavy atom. The molecule has 3 heteroatoms. The zero-order valence-corrected chi connectivity index (χ0v) is 11.1. The van der Waals surface area contributed by atoms with Crippen molar-refractivity contribution < 1.29 is 4.79 Å². The lowest BCUT2D eigenvalue weighted by molar-refractivity contribution is -0.136. The molecular weight excluding hydrogens is 224 g/mol. The van der Waals surface area contributed by atoms with Crippen molar-refractivity contribution >= 4 is 5.91 Å². The summed E-state index contributed by atoms with van der Waals surface area (Å²) in [6, 6.07) is 0.577. The van der Waals surface area contributed by atoms with Gasteiger partial charge in [-0.3, -0.25) is 4.79 Å². The summed E-state index contributed by atoms with van der Waals surface area (Å²) in [4.78, 5) is 14.8. The zero-order chi connectivity index (χ0) is 12.4. The molecular formula is C15H24N2O. The highest BCUT2D eigenvalue weighted by molar-refractivity contribution is 5.80. The molecule has 1 N–H and O–H groups in total. The molecule has 3 aliphatic rings. The Balaban J connectivity index is 1.58. The number of carbonyl (C=O) groups excluding carboxylic acids is 1. The average molecular weight is 248 g/mol. The van der Waals surface area contributed by atoms with E-state index >= 15 is 0 Å². The van der Waals surface area contributed by atoms with Gasteiger partial charge in [0.05, 0.1) is 0 Å². The third-order valence-electron chi connectivity index (χ3n) is 4.54. The molecule has 1 aliphatic heterocycles. The molecule has 0 unspecified atom stereocenters. The lowest BCUT2D eigenvalue weighted by Gasteiger charge is -2.32. The second-order valence-electron chi connectivity index (χ2n) is 6.05. The molecule has 1 amide bonds. The second-order valence-corrected chi connectivity index (χ2v) is 6.05. The second kappa shape index (κ2) is 5.43. The smallest absolute Gasteiger partial charge is 0.226 e. The van der Waals surface area contributed by atoms with E-state index in [9.17, 15) is 4.79 Å². The van der Waals surface area contributed by atoms with Gasteiger partial charge < -0.3 is 10.2 Å². The van der Waals surface area contributed by atoms with Gasteiger partial charge in [0.15, 0.2) is 0 Å². The lowest BCUT2D eigenvalue weighted by atomic mass is 9.96. The van der Waals surface area contributed by atoms with E-state index in [1.165, 1.54) is 25.7 Å². The normalized spacial score (nSPS) is 25.6. The number of carbonyl (C=O) groups is 1. The van der Waals surface area contributed by atoms with Crippen LogP contribution >= 0.6 is 0 Å². The van der Waals surface area contributed by atoms with Crippen LogP contribution in [0, 0.1) is 11.8 Å². The molecule has 1 saturated heterocycles. The average Bonchev–Trinajstić information content (AvgIpc) is 3.10. The molecule has 0 aromatic rings. The van der Waals surface area contributed by atoms with E-state index in [2.05, 4.69) is 22.4 Å². The maximum absolute atomic E-state index is 12.6. The molecule has 0 aromatic carbocycles. The third-order valence-corrected chi connectivity index (χ3v) is 4.54. The summed E-state index contributed by atoms with van der Waals surface area (Å²) < 4.78 is 0. The van der Waals surface area contributed by atoms with Crippen molar-refractivity contribution in [1.82, 2.24) is 10.2 Å². The molecule has 0 spiro atoms. The SMILES string of the molecule is O=C(C1CC=CC1)N(CC1CCNCC1)C1CC1. The topological polar surface area (TPSA) is 32.3 Å². The molecule has 0 atom stereocenters. The number of piperidine rings is 1. The van der Waals surface area contributed by atoms with Gasteiger partial charge in [-0.1, -0.05) is 12.2 Å². The minimum Gasteiger partial charge on any atom is -0.339 e. The van der Waals surface area contributed by atoms with Gasteiger partial charge in [-0.05, 0) is 57.5 Å². The molecule has 3 rings (SSSR count). The Labute approximate surface area is 110 Å². The van der Waals surface area contributed by atoms with Crippen LogP contribution in [0.1, 0.15) is 38.5 Å². The van der Waals surface area contributed by atoms with Crippen molar-refractivity contribution in [2.75, 3.05) is 19.6 Å². The molecule has 100 valence electrons. The van der Waals surface area contributed by atoms with Gasteiger partial charge in [-0.15, -0.1) is 0 Å². The molecule has 18 heavy (non-hydrogen) atoms. The van der Waals surface area contributed by atoms with Crippen molar-refractivity contribution in [3.8, 4) is 0 Å². The highest BCUT2D eigenvalue weighted by atomic mass is 16.2. The highest BCUT2D eigenvalue weighted by Gasteiger charge is 2.37. The number of amides is 1. The zero-order valence-electron chi connectivity index (χ0n) is 11.1. The molecule has 0 aromatic heterocycles. The van der Waals surface area contributed by atoms with Crippen molar-refractivity contribution in [3.05, 3.63) is 12.2 Å². The fourth-order valence-corrected chi connectivity index (χ4v) is 3.20. The Bertz CT molecular complexity index is 321. The van der Waals surface area contributed by atoms with Crippen LogP contribution in [0.15, 0.2) is 12.2 Å². The molecule has 1 saturated carbocycles. The van der Waals surface area contributed by atoms with Gasteiger partial charge in [0.25, 0.3) is 0 Å². The van der Waals surface area contributed by atoms with Crippen molar-refractivity contribution in [2.24, 2.45) is 11.8 Å². The first-order valence-electron chi connectivity index (χ1n) is 7.51. The van der Waals surface area contributed by atoms with E-state index in [1.54, 1.807) is 0 Å². The standard InChI is InChI=1S/C15H24N2O/c18-15(13-3-1-2-4-13)17(14-5-6-14)11-12-7-9-16-10-8-12/h1-2,12-14,16H,3-11H2. The maximum Gasteiger partial charge on any atom is 0.226 e. The number of nitrogens with zero attached hydrogens (tertiary/aromatic N) is 1. The number of nitrogens with one attached hydrogen (secondary N) is 1. The van der Waals surface area contributed by atoms with Crippen LogP contribution in [0.5, 0.6) is 0 Å². The van der Waals surface area contributed by atoms with Gasteiger partial charge in [-0.2, -0.15) is 0 Å². The van der Waals surface area contributed by atoms with Crippen LogP contribution in [0.25, 0.3) is 0 Å².